The van der Waals surface area contributed by atoms with Crippen molar-refractivity contribution in [2.45, 2.75) is 32.7 Å². The van der Waals surface area contributed by atoms with Crippen LogP contribution in [0.5, 0.6) is 0 Å². The summed E-state index contributed by atoms with van der Waals surface area (Å²) >= 11 is 1.74. The fraction of sp³-hybridized carbons (Fsp3) is 0.368. The first kappa shape index (κ1) is 17.4. The zero-order valence-corrected chi connectivity index (χ0v) is 15.5. The van der Waals surface area contributed by atoms with E-state index >= 15 is 0 Å². The van der Waals surface area contributed by atoms with E-state index in [0.717, 1.165) is 36.9 Å². The Kier molecular flexibility index (Phi) is 4.86. The maximum absolute atomic E-state index is 9.77. The van der Waals surface area contributed by atoms with Gasteiger partial charge in [0.2, 0.25) is 0 Å². The lowest BCUT2D eigenvalue weighted by molar-refractivity contribution is 0.0915. The Morgan fingerprint density at radius 1 is 1.27 bits per heavy atom. The van der Waals surface area contributed by atoms with Crippen LogP contribution < -0.4 is 0 Å². The van der Waals surface area contributed by atoms with Gasteiger partial charge < -0.3 is 10.2 Å². The summed E-state index contributed by atoms with van der Waals surface area (Å²) in [4.78, 5) is 8.21. The van der Waals surface area contributed by atoms with Gasteiger partial charge >= 0.3 is 0 Å². The topological polar surface area (TPSA) is 74.4 Å². The molecule has 2 aromatic heterocycles. The number of rotatable bonds is 5. The summed E-state index contributed by atoms with van der Waals surface area (Å²) in [7, 11) is 0. The number of hydrogen-bond donors (Lipinski definition) is 2. The van der Waals surface area contributed by atoms with Crippen LogP contribution in [0, 0.1) is 6.92 Å². The molecule has 1 aromatic carbocycles. The zero-order valence-electron chi connectivity index (χ0n) is 14.7. The van der Waals surface area contributed by atoms with Crippen LogP contribution in [-0.4, -0.2) is 43.0 Å². The lowest BCUT2D eigenvalue weighted by Gasteiger charge is -2.26. The minimum atomic E-state index is -0.903. The number of thiazole rings is 1. The Morgan fingerprint density at radius 2 is 2.12 bits per heavy atom. The number of fused-ring (bicyclic) bond motifs is 1. The summed E-state index contributed by atoms with van der Waals surface area (Å²) in [6, 6.07) is 10.2. The first-order chi connectivity index (χ1) is 12.6. The molecule has 136 valence electrons. The fourth-order valence-electron chi connectivity index (χ4n) is 3.27. The van der Waals surface area contributed by atoms with Crippen molar-refractivity contribution in [1.29, 1.82) is 0 Å². The first-order valence-electron chi connectivity index (χ1n) is 8.72. The van der Waals surface area contributed by atoms with E-state index in [-0.39, 0.29) is 6.61 Å². The molecule has 0 bridgehead atoms. The minimum absolute atomic E-state index is 0.303. The zero-order chi connectivity index (χ0) is 18.1. The molecule has 6 nitrogen and oxygen atoms in total. The van der Waals surface area contributed by atoms with Crippen LogP contribution in [-0.2, 0) is 19.6 Å². The molecule has 3 heterocycles. The number of nitrogens with zero attached hydrogens (tertiary/aromatic N) is 4. The Balaban J connectivity index is 1.46. The van der Waals surface area contributed by atoms with E-state index in [2.05, 4.69) is 34.0 Å². The SMILES string of the molecule is Cc1ccccc1-c1ncc(CN2CCn3nc([C@@H](O)CO)cc3C2)s1. The second-order valence-electron chi connectivity index (χ2n) is 6.64. The van der Waals surface area contributed by atoms with Crippen LogP contribution in [0.15, 0.2) is 36.5 Å². The van der Waals surface area contributed by atoms with Gasteiger partial charge in [-0.2, -0.15) is 5.10 Å². The molecule has 1 aliphatic heterocycles. The molecule has 0 aliphatic carbocycles. The number of hydrogen-bond acceptors (Lipinski definition) is 6. The molecule has 2 N–H and O–H groups in total. The van der Waals surface area contributed by atoms with Crippen molar-refractivity contribution in [3.05, 3.63) is 58.4 Å². The quantitative estimate of drug-likeness (QED) is 0.721. The number of aliphatic hydroxyl groups excluding tert-OH is 2. The maximum Gasteiger partial charge on any atom is 0.123 e. The van der Waals surface area contributed by atoms with E-state index in [4.69, 9.17) is 5.11 Å². The average Bonchev–Trinajstić information content (AvgIpc) is 3.28. The molecule has 26 heavy (non-hydrogen) atoms. The summed E-state index contributed by atoms with van der Waals surface area (Å²) in [5.74, 6) is 0. The molecule has 3 aromatic rings. The molecule has 0 unspecified atom stereocenters. The van der Waals surface area contributed by atoms with Crippen molar-refractivity contribution in [2.24, 2.45) is 0 Å². The Bertz CT molecular complexity index is 905. The van der Waals surface area contributed by atoms with E-state index in [1.165, 1.54) is 16.0 Å². The second kappa shape index (κ2) is 7.28. The summed E-state index contributed by atoms with van der Waals surface area (Å²) in [5, 5.41) is 24.3. The number of aryl methyl sites for hydroxylation is 1. The second-order valence-corrected chi connectivity index (χ2v) is 7.75. The highest BCUT2D eigenvalue weighted by Crippen LogP contribution is 2.29. The van der Waals surface area contributed by atoms with Crippen LogP contribution >= 0.6 is 11.3 Å². The maximum atomic E-state index is 9.77. The van der Waals surface area contributed by atoms with E-state index in [0.29, 0.717) is 5.69 Å². The largest absolute Gasteiger partial charge is 0.393 e. The minimum Gasteiger partial charge on any atom is -0.393 e. The highest BCUT2D eigenvalue weighted by molar-refractivity contribution is 7.15. The summed E-state index contributed by atoms with van der Waals surface area (Å²) < 4.78 is 1.93. The van der Waals surface area contributed by atoms with Crippen LogP contribution in [0.1, 0.15) is 27.9 Å². The smallest absolute Gasteiger partial charge is 0.123 e. The number of benzene rings is 1. The van der Waals surface area contributed by atoms with Gasteiger partial charge in [0.25, 0.3) is 0 Å². The van der Waals surface area contributed by atoms with Gasteiger partial charge in [0, 0.05) is 36.3 Å². The van der Waals surface area contributed by atoms with E-state index in [1.54, 1.807) is 11.3 Å². The highest BCUT2D eigenvalue weighted by atomic mass is 32.1. The van der Waals surface area contributed by atoms with E-state index < -0.39 is 6.10 Å². The molecular weight excluding hydrogens is 348 g/mol. The van der Waals surface area contributed by atoms with Gasteiger partial charge in [-0.05, 0) is 18.6 Å². The molecule has 0 radical (unpaired) electrons. The molecule has 0 saturated heterocycles. The third-order valence-electron chi connectivity index (χ3n) is 4.72. The van der Waals surface area contributed by atoms with Crippen molar-refractivity contribution < 1.29 is 10.2 Å². The third kappa shape index (κ3) is 3.43. The molecule has 0 amide bonds. The van der Waals surface area contributed by atoms with Crippen LogP contribution in [0.4, 0.5) is 0 Å². The van der Waals surface area contributed by atoms with Gasteiger partial charge in [-0.15, -0.1) is 11.3 Å². The van der Waals surface area contributed by atoms with Crippen LogP contribution in [0.3, 0.4) is 0 Å². The van der Waals surface area contributed by atoms with Gasteiger partial charge in [-0.3, -0.25) is 9.58 Å². The molecule has 0 fully saturated rings. The lowest BCUT2D eigenvalue weighted by Crippen LogP contribution is -2.33. The summed E-state index contributed by atoms with van der Waals surface area (Å²) in [5.41, 5.74) is 4.06. The van der Waals surface area contributed by atoms with E-state index in [9.17, 15) is 5.11 Å². The number of aromatic nitrogens is 3. The third-order valence-corrected chi connectivity index (χ3v) is 5.73. The normalized spacial score (nSPS) is 15.8. The molecular formula is C19H22N4O2S. The monoisotopic (exact) mass is 370 g/mol. The van der Waals surface area contributed by atoms with Crippen molar-refractivity contribution >= 4 is 11.3 Å². The van der Waals surface area contributed by atoms with Gasteiger partial charge in [0.1, 0.15) is 11.1 Å². The van der Waals surface area contributed by atoms with Crippen molar-refractivity contribution in [3.63, 3.8) is 0 Å². The number of aliphatic hydroxyl groups is 2. The van der Waals surface area contributed by atoms with Gasteiger partial charge in [-0.25, -0.2) is 4.98 Å². The molecule has 0 spiro atoms. The average molecular weight is 370 g/mol. The highest BCUT2D eigenvalue weighted by Gasteiger charge is 2.21. The molecule has 0 saturated carbocycles. The summed E-state index contributed by atoms with van der Waals surface area (Å²) in [6.07, 6.45) is 1.07. The Labute approximate surface area is 156 Å². The predicted octanol–water partition coefficient (Wildman–Crippen LogP) is 2.36. The first-order valence-corrected chi connectivity index (χ1v) is 9.54. The molecule has 1 atom stereocenters. The Morgan fingerprint density at radius 3 is 2.92 bits per heavy atom. The lowest BCUT2D eigenvalue weighted by atomic mass is 10.1. The molecule has 7 heteroatoms. The Hall–Kier alpha value is -2.06. The van der Waals surface area contributed by atoms with Crippen molar-refractivity contribution in [2.75, 3.05) is 13.2 Å². The van der Waals surface area contributed by atoms with E-state index in [1.807, 2.05) is 29.1 Å². The predicted molar refractivity (Wildman–Crippen MR) is 101 cm³/mol. The van der Waals surface area contributed by atoms with Crippen LogP contribution in [0.25, 0.3) is 10.6 Å². The van der Waals surface area contributed by atoms with Gasteiger partial charge in [0.15, 0.2) is 0 Å². The molecule has 4 rings (SSSR count). The standard InChI is InChI=1S/C19H22N4O2S/c1-13-4-2-3-5-16(13)19-20-9-15(26-19)11-22-6-7-23-14(10-22)8-17(21-23)18(25)12-24/h2-5,8-9,18,24-25H,6-7,10-12H2,1H3/t18-/m0/s1. The van der Waals surface area contributed by atoms with Crippen molar-refractivity contribution in [3.8, 4) is 10.6 Å². The molecule has 1 aliphatic rings. The van der Waals surface area contributed by atoms with Gasteiger partial charge in [0.05, 0.1) is 24.5 Å². The fourth-order valence-corrected chi connectivity index (χ4v) is 4.32. The van der Waals surface area contributed by atoms with Crippen LogP contribution in [0.2, 0.25) is 0 Å². The van der Waals surface area contributed by atoms with Gasteiger partial charge in [-0.1, -0.05) is 24.3 Å². The summed E-state index contributed by atoms with van der Waals surface area (Å²) in [6.45, 7) is 5.14. The van der Waals surface area contributed by atoms with Crippen molar-refractivity contribution in [1.82, 2.24) is 19.7 Å².